The van der Waals surface area contributed by atoms with Gasteiger partial charge in [0.1, 0.15) is 0 Å². The Bertz CT molecular complexity index is 442. The molecule has 0 saturated carbocycles. The summed E-state index contributed by atoms with van der Waals surface area (Å²) in [6.07, 6.45) is -0.918. The Morgan fingerprint density at radius 2 is 1.05 bits per heavy atom. The van der Waals surface area contributed by atoms with E-state index >= 15 is 0 Å². The Kier molecular flexibility index (Phi) is 6.03. The first-order chi connectivity index (χ1) is 9.46. The predicted molar refractivity (Wildman–Crippen MR) is 72.6 cm³/mol. The summed E-state index contributed by atoms with van der Waals surface area (Å²) < 4.78 is 13.6. The lowest BCUT2D eigenvalue weighted by atomic mass is 10.0. The van der Waals surface area contributed by atoms with E-state index in [1.807, 2.05) is 0 Å². The predicted octanol–water partition coefficient (Wildman–Crippen LogP) is 2.34. The van der Waals surface area contributed by atoms with Crippen LogP contribution >= 0.6 is 0 Å². The summed E-state index contributed by atoms with van der Waals surface area (Å²) >= 11 is 0. The van der Waals surface area contributed by atoms with E-state index in [1.165, 1.54) is 27.7 Å². The van der Waals surface area contributed by atoms with Gasteiger partial charge in [0, 0.05) is 0 Å². The third kappa shape index (κ3) is 5.60. The topological polar surface area (TPSA) is 96.0 Å². The first kappa shape index (κ1) is 18.6. The first-order valence-corrected chi connectivity index (χ1v) is 5.94. The molecule has 0 saturated heterocycles. The van der Waals surface area contributed by atoms with Crippen LogP contribution in [0, 0.1) is 0 Å². The van der Waals surface area contributed by atoms with Crippen molar-refractivity contribution in [2.75, 3.05) is 0 Å². The fourth-order valence-corrected chi connectivity index (χ4v) is 1.12. The van der Waals surface area contributed by atoms with E-state index in [4.69, 9.17) is 0 Å². The molecule has 0 rings (SSSR count). The van der Waals surface area contributed by atoms with Crippen LogP contribution < -0.4 is 0 Å². The van der Waals surface area contributed by atoms with Gasteiger partial charge in [-0.2, -0.15) is 0 Å². The Morgan fingerprint density at radius 3 is 1.29 bits per heavy atom. The van der Waals surface area contributed by atoms with Gasteiger partial charge in [-0.25, -0.2) is 9.59 Å². The molecule has 0 aromatic carbocycles. The molecular weight excluding hydrogens is 280 g/mol. The minimum atomic E-state index is -1.54. The molecule has 0 aromatic rings. The molecule has 0 unspecified atom stereocenters. The van der Waals surface area contributed by atoms with Gasteiger partial charge in [0.2, 0.25) is 0 Å². The summed E-state index contributed by atoms with van der Waals surface area (Å²) in [5, 5.41) is 0. The lowest BCUT2D eigenvalue weighted by molar-refractivity contribution is -0.134. The van der Waals surface area contributed by atoms with Crippen LogP contribution in [0.3, 0.4) is 0 Å². The van der Waals surface area contributed by atoms with Gasteiger partial charge in [-0.3, -0.25) is 9.59 Å². The molecule has 0 bridgehead atoms. The molecule has 0 fully saturated rings. The van der Waals surface area contributed by atoms with Crippen LogP contribution in [-0.4, -0.2) is 35.1 Å². The van der Waals surface area contributed by atoms with Crippen LogP contribution in [0.4, 0.5) is 9.59 Å². The zero-order chi connectivity index (χ0) is 16.8. The van der Waals surface area contributed by atoms with Crippen molar-refractivity contribution in [3.05, 3.63) is 25.3 Å². The molecule has 21 heavy (non-hydrogen) atoms. The van der Waals surface area contributed by atoms with Crippen molar-refractivity contribution in [1.82, 2.24) is 0 Å². The molecule has 116 valence electrons. The highest BCUT2D eigenvalue weighted by Gasteiger charge is 2.34. The van der Waals surface area contributed by atoms with Crippen LogP contribution in [-0.2, 0) is 23.8 Å². The highest BCUT2D eigenvalue weighted by Crippen LogP contribution is 2.15. The molecule has 7 heteroatoms. The summed E-state index contributed by atoms with van der Waals surface area (Å²) in [6.45, 7) is 11.7. The van der Waals surface area contributed by atoms with Crippen molar-refractivity contribution in [2.24, 2.45) is 0 Å². The minimum absolute atomic E-state index is 0.574. The fraction of sp³-hybridized carbons (Fsp3) is 0.429. The standard InChI is InChI=1S/C14H18O7/c1-7-9(15)13(3,4)20-11(17)19-12(18)21-14(5,6)10(16)8-2/h7-8H,1-2H2,3-6H3. The largest absolute Gasteiger partial charge is 0.519 e. The van der Waals surface area contributed by atoms with Crippen LogP contribution in [0.15, 0.2) is 25.3 Å². The van der Waals surface area contributed by atoms with Crippen LogP contribution in [0.5, 0.6) is 0 Å². The van der Waals surface area contributed by atoms with Crippen molar-refractivity contribution in [3.63, 3.8) is 0 Å². The monoisotopic (exact) mass is 298 g/mol. The van der Waals surface area contributed by atoms with E-state index in [-0.39, 0.29) is 0 Å². The maximum absolute atomic E-state index is 11.4. The minimum Gasteiger partial charge on any atom is -0.419 e. The van der Waals surface area contributed by atoms with Gasteiger partial charge in [-0.05, 0) is 39.8 Å². The highest BCUT2D eigenvalue weighted by molar-refractivity contribution is 5.98. The van der Waals surface area contributed by atoms with Crippen molar-refractivity contribution >= 4 is 23.9 Å². The SMILES string of the molecule is C=CC(=O)C(C)(C)OC(=O)OC(=O)OC(C)(C)C(=O)C=C. The number of ether oxygens (including phenoxy) is 3. The Hall–Kier alpha value is -2.44. The molecule has 0 N–H and O–H groups in total. The van der Waals surface area contributed by atoms with E-state index < -0.39 is 35.1 Å². The number of hydrogen-bond acceptors (Lipinski definition) is 7. The highest BCUT2D eigenvalue weighted by atomic mass is 16.8. The van der Waals surface area contributed by atoms with Crippen molar-refractivity contribution < 1.29 is 33.4 Å². The molecule has 0 radical (unpaired) electrons. The maximum Gasteiger partial charge on any atom is 0.519 e. The smallest absolute Gasteiger partial charge is 0.419 e. The summed E-state index contributed by atoms with van der Waals surface area (Å²) in [5.41, 5.74) is -3.07. The Morgan fingerprint density at radius 1 is 0.762 bits per heavy atom. The third-order valence-corrected chi connectivity index (χ3v) is 2.40. The van der Waals surface area contributed by atoms with E-state index in [2.05, 4.69) is 27.4 Å². The molecule has 0 aliphatic rings. The first-order valence-electron chi connectivity index (χ1n) is 5.94. The summed E-state index contributed by atoms with van der Waals surface area (Å²) in [4.78, 5) is 45.5. The second kappa shape index (κ2) is 6.83. The summed E-state index contributed by atoms with van der Waals surface area (Å²) in [6, 6.07) is 0. The van der Waals surface area contributed by atoms with Crippen LogP contribution in [0.2, 0.25) is 0 Å². The van der Waals surface area contributed by atoms with Crippen molar-refractivity contribution in [2.45, 2.75) is 38.9 Å². The van der Waals surface area contributed by atoms with Gasteiger partial charge in [-0.1, -0.05) is 13.2 Å². The maximum atomic E-state index is 11.4. The van der Waals surface area contributed by atoms with E-state index in [0.29, 0.717) is 0 Å². The van der Waals surface area contributed by atoms with Crippen molar-refractivity contribution in [3.8, 4) is 0 Å². The molecule has 7 nitrogen and oxygen atoms in total. The summed E-state index contributed by atoms with van der Waals surface area (Å²) in [5.74, 6) is -1.15. The number of rotatable bonds is 6. The molecule has 0 aliphatic carbocycles. The Balaban J connectivity index is 4.64. The number of hydrogen-bond donors (Lipinski definition) is 0. The second-order valence-electron chi connectivity index (χ2n) is 4.96. The van der Waals surface area contributed by atoms with Gasteiger partial charge in [-0.15, -0.1) is 0 Å². The average molecular weight is 298 g/mol. The number of carbonyl (C=O) groups excluding carboxylic acids is 4. The van der Waals surface area contributed by atoms with Crippen LogP contribution in [0.25, 0.3) is 0 Å². The Labute approximate surface area is 122 Å². The second-order valence-corrected chi connectivity index (χ2v) is 4.96. The molecule has 0 aromatic heterocycles. The lowest BCUT2D eigenvalue weighted by Crippen LogP contribution is -2.39. The van der Waals surface area contributed by atoms with Crippen molar-refractivity contribution in [1.29, 1.82) is 0 Å². The van der Waals surface area contributed by atoms with E-state index in [1.54, 1.807) is 0 Å². The van der Waals surface area contributed by atoms with Crippen LogP contribution in [0.1, 0.15) is 27.7 Å². The van der Waals surface area contributed by atoms with E-state index in [0.717, 1.165) is 12.2 Å². The quantitative estimate of drug-likeness (QED) is 0.422. The van der Waals surface area contributed by atoms with Gasteiger partial charge in [0.05, 0.1) is 0 Å². The normalized spacial score (nSPS) is 11.0. The molecule has 0 spiro atoms. The molecule has 0 amide bonds. The zero-order valence-electron chi connectivity index (χ0n) is 12.4. The lowest BCUT2D eigenvalue weighted by Gasteiger charge is -2.23. The van der Waals surface area contributed by atoms with Gasteiger partial charge < -0.3 is 14.2 Å². The van der Waals surface area contributed by atoms with E-state index in [9.17, 15) is 19.2 Å². The number of carbonyl (C=O) groups is 4. The molecule has 0 atom stereocenters. The van der Waals surface area contributed by atoms with Gasteiger partial charge in [0.25, 0.3) is 0 Å². The average Bonchev–Trinajstić information content (AvgIpc) is 2.34. The number of ketones is 2. The van der Waals surface area contributed by atoms with Gasteiger partial charge in [0.15, 0.2) is 22.8 Å². The zero-order valence-corrected chi connectivity index (χ0v) is 12.4. The fourth-order valence-electron chi connectivity index (χ4n) is 1.12. The summed E-state index contributed by atoms with van der Waals surface area (Å²) in [7, 11) is 0. The third-order valence-electron chi connectivity index (χ3n) is 2.40. The molecule has 0 heterocycles. The molecular formula is C14H18O7. The molecule has 0 aliphatic heterocycles. The van der Waals surface area contributed by atoms with Gasteiger partial charge >= 0.3 is 12.3 Å².